The standard InChI is InChI=1S/C10H5BrF2O2/c1-15-9(14)3-2-6-4-7(12)10(11)8(13)5-6/h4-5H,1H3. The average Bonchev–Trinajstić information content (AvgIpc) is 2.22. The van der Waals surface area contributed by atoms with Crippen molar-refractivity contribution < 1.29 is 18.3 Å². The molecule has 0 aliphatic carbocycles. The van der Waals surface area contributed by atoms with E-state index < -0.39 is 17.6 Å². The molecule has 0 fully saturated rings. The van der Waals surface area contributed by atoms with Gasteiger partial charge < -0.3 is 4.74 Å². The fourth-order valence-electron chi connectivity index (χ4n) is 0.802. The monoisotopic (exact) mass is 274 g/mol. The predicted molar refractivity (Wildman–Crippen MR) is 53.0 cm³/mol. The molecule has 2 nitrogen and oxygen atoms in total. The van der Waals surface area contributed by atoms with Crippen molar-refractivity contribution in [3.8, 4) is 11.8 Å². The molecule has 0 bridgehead atoms. The van der Waals surface area contributed by atoms with E-state index in [0.717, 1.165) is 12.1 Å². The van der Waals surface area contributed by atoms with Crippen LogP contribution in [-0.4, -0.2) is 13.1 Å². The lowest BCUT2D eigenvalue weighted by molar-refractivity contribution is -0.133. The summed E-state index contributed by atoms with van der Waals surface area (Å²) in [5.41, 5.74) is 0.0681. The summed E-state index contributed by atoms with van der Waals surface area (Å²) in [5.74, 6) is 2.03. The van der Waals surface area contributed by atoms with Gasteiger partial charge in [-0.1, -0.05) is 5.92 Å². The lowest BCUT2D eigenvalue weighted by atomic mass is 10.2. The highest BCUT2D eigenvalue weighted by atomic mass is 79.9. The van der Waals surface area contributed by atoms with Gasteiger partial charge in [-0.3, -0.25) is 0 Å². The Morgan fingerprint density at radius 3 is 2.40 bits per heavy atom. The van der Waals surface area contributed by atoms with E-state index in [-0.39, 0.29) is 10.0 Å². The van der Waals surface area contributed by atoms with Gasteiger partial charge in [0.05, 0.1) is 11.6 Å². The van der Waals surface area contributed by atoms with Crippen LogP contribution in [0.2, 0.25) is 0 Å². The maximum Gasteiger partial charge on any atom is 0.384 e. The molecule has 0 heterocycles. The van der Waals surface area contributed by atoms with Crippen LogP contribution in [-0.2, 0) is 9.53 Å². The van der Waals surface area contributed by atoms with Gasteiger partial charge in [-0.25, -0.2) is 13.6 Å². The van der Waals surface area contributed by atoms with Crippen molar-refractivity contribution in [1.82, 2.24) is 0 Å². The van der Waals surface area contributed by atoms with E-state index in [0.29, 0.717) is 0 Å². The zero-order valence-corrected chi connectivity index (χ0v) is 9.19. The van der Waals surface area contributed by atoms with Crippen molar-refractivity contribution in [2.45, 2.75) is 0 Å². The summed E-state index contributed by atoms with van der Waals surface area (Å²) < 4.78 is 29.9. The van der Waals surface area contributed by atoms with E-state index in [4.69, 9.17) is 0 Å². The molecule has 0 aliphatic heterocycles. The van der Waals surface area contributed by atoms with E-state index in [1.54, 1.807) is 0 Å². The molecule has 5 heteroatoms. The Hall–Kier alpha value is -1.41. The zero-order chi connectivity index (χ0) is 11.4. The van der Waals surface area contributed by atoms with Gasteiger partial charge in [0.25, 0.3) is 0 Å². The Kier molecular flexibility index (Phi) is 3.81. The maximum atomic E-state index is 13.0. The minimum absolute atomic E-state index is 0.0681. The highest BCUT2D eigenvalue weighted by Gasteiger charge is 2.06. The molecule has 0 saturated carbocycles. The summed E-state index contributed by atoms with van der Waals surface area (Å²) in [7, 11) is 1.17. The fraction of sp³-hybridized carbons (Fsp3) is 0.100. The molecule has 15 heavy (non-hydrogen) atoms. The molecule has 0 radical (unpaired) electrons. The topological polar surface area (TPSA) is 26.3 Å². The van der Waals surface area contributed by atoms with Crippen LogP contribution in [0, 0.1) is 23.5 Å². The van der Waals surface area contributed by atoms with Crippen molar-refractivity contribution >= 4 is 21.9 Å². The first-order valence-corrected chi connectivity index (χ1v) is 4.58. The van der Waals surface area contributed by atoms with Gasteiger partial charge in [-0.05, 0) is 28.1 Å². The van der Waals surface area contributed by atoms with Crippen LogP contribution in [0.5, 0.6) is 0 Å². The number of benzene rings is 1. The average molecular weight is 275 g/mol. The molecule has 0 atom stereocenters. The third-order valence-electron chi connectivity index (χ3n) is 1.48. The molecule has 1 aromatic carbocycles. The summed E-state index contributed by atoms with van der Waals surface area (Å²) in [6.45, 7) is 0. The first kappa shape index (κ1) is 11.7. The first-order chi connectivity index (χ1) is 7.04. The number of carbonyl (C=O) groups is 1. The molecule has 1 rings (SSSR count). The van der Waals surface area contributed by atoms with E-state index >= 15 is 0 Å². The molecule has 0 aromatic heterocycles. The van der Waals surface area contributed by atoms with Crippen molar-refractivity contribution in [1.29, 1.82) is 0 Å². The van der Waals surface area contributed by atoms with Crippen molar-refractivity contribution in [3.63, 3.8) is 0 Å². The molecule has 78 valence electrons. The Labute approximate surface area is 93.4 Å². The predicted octanol–water partition coefficient (Wildman–Crippen LogP) is 2.25. The second kappa shape index (κ2) is 4.89. The van der Waals surface area contributed by atoms with E-state index in [9.17, 15) is 13.6 Å². The molecular weight excluding hydrogens is 270 g/mol. The first-order valence-electron chi connectivity index (χ1n) is 3.79. The van der Waals surface area contributed by atoms with Crippen LogP contribution in [0.4, 0.5) is 8.78 Å². The number of carbonyl (C=O) groups excluding carboxylic acids is 1. The third kappa shape index (κ3) is 3.03. The number of halogens is 3. The van der Waals surface area contributed by atoms with Crippen molar-refractivity contribution in [2.75, 3.05) is 7.11 Å². The fourth-order valence-corrected chi connectivity index (χ4v) is 1.03. The Bertz CT molecular complexity index is 437. The summed E-state index contributed by atoms with van der Waals surface area (Å²) in [6.07, 6.45) is 0. The number of esters is 1. The number of ether oxygens (including phenoxy) is 1. The minimum Gasteiger partial charge on any atom is -0.459 e. The highest BCUT2D eigenvalue weighted by Crippen LogP contribution is 2.20. The van der Waals surface area contributed by atoms with Crippen molar-refractivity contribution in [2.24, 2.45) is 0 Å². The molecule has 0 amide bonds. The summed E-state index contributed by atoms with van der Waals surface area (Å²) in [4.78, 5) is 10.6. The number of methoxy groups -OCH3 is 1. The van der Waals surface area contributed by atoms with Gasteiger partial charge in [0.15, 0.2) is 0 Å². The molecule has 0 aliphatic rings. The summed E-state index contributed by atoms with van der Waals surface area (Å²) in [6, 6.07) is 2.03. The van der Waals surface area contributed by atoms with Gasteiger partial charge in [0, 0.05) is 11.5 Å². The summed E-state index contributed by atoms with van der Waals surface area (Å²) >= 11 is 2.72. The number of hydrogen-bond donors (Lipinski definition) is 0. The smallest absolute Gasteiger partial charge is 0.384 e. The molecule has 1 aromatic rings. The van der Waals surface area contributed by atoms with Crippen LogP contribution in [0.25, 0.3) is 0 Å². The van der Waals surface area contributed by atoms with Gasteiger partial charge >= 0.3 is 5.97 Å². The van der Waals surface area contributed by atoms with E-state index in [1.165, 1.54) is 7.11 Å². The molecule has 0 spiro atoms. The van der Waals surface area contributed by atoms with Gasteiger partial charge in [0.1, 0.15) is 11.6 Å². The highest BCUT2D eigenvalue weighted by molar-refractivity contribution is 9.10. The number of hydrogen-bond acceptors (Lipinski definition) is 2. The molecule has 0 unspecified atom stereocenters. The molecule has 0 N–H and O–H groups in total. The SMILES string of the molecule is COC(=O)C#Cc1cc(F)c(Br)c(F)c1. The van der Waals surface area contributed by atoms with Gasteiger partial charge in [0.2, 0.25) is 0 Å². The lowest BCUT2D eigenvalue weighted by Gasteiger charge is -1.97. The van der Waals surface area contributed by atoms with Gasteiger partial charge in [-0.15, -0.1) is 0 Å². The quantitative estimate of drug-likeness (QED) is 0.412. The van der Waals surface area contributed by atoms with Crippen LogP contribution >= 0.6 is 15.9 Å². The Morgan fingerprint density at radius 1 is 1.40 bits per heavy atom. The summed E-state index contributed by atoms with van der Waals surface area (Å²) in [5, 5.41) is 0. The third-order valence-corrected chi connectivity index (χ3v) is 2.24. The zero-order valence-electron chi connectivity index (χ0n) is 7.61. The van der Waals surface area contributed by atoms with Crippen LogP contribution in [0.3, 0.4) is 0 Å². The normalized spacial score (nSPS) is 9.07. The van der Waals surface area contributed by atoms with Crippen LogP contribution < -0.4 is 0 Å². The molecule has 0 saturated heterocycles. The van der Waals surface area contributed by atoms with E-state index in [2.05, 4.69) is 32.5 Å². The van der Waals surface area contributed by atoms with Crippen LogP contribution in [0.15, 0.2) is 16.6 Å². The largest absolute Gasteiger partial charge is 0.459 e. The van der Waals surface area contributed by atoms with Crippen LogP contribution in [0.1, 0.15) is 5.56 Å². The van der Waals surface area contributed by atoms with Crippen molar-refractivity contribution in [3.05, 3.63) is 33.8 Å². The molecular formula is C10H5BrF2O2. The number of rotatable bonds is 0. The lowest BCUT2D eigenvalue weighted by Crippen LogP contribution is -1.95. The second-order valence-corrected chi connectivity index (χ2v) is 3.29. The van der Waals surface area contributed by atoms with Gasteiger partial charge in [-0.2, -0.15) is 0 Å². The minimum atomic E-state index is -0.774. The Morgan fingerprint density at radius 2 is 1.93 bits per heavy atom. The second-order valence-electron chi connectivity index (χ2n) is 2.50. The van der Waals surface area contributed by atoms with E-state index in [1.807, 2.05) is 0 Å². The Balaban J connectivity index is 3.06. The maximum absolute atomic E-state index is 13.0.